The third kappa shape index (κ3) is 3.61. The second kappa shape index (κ2) is 7.59. The van der Waals surface area contributed by atoms with Gasteiger partial charge in [0, 0.05) is 49.3 Å². The van der Waals surface area contributed by atoms with E-state index < -0.39 is 5.97 Å². The van der Waals surface area contributed by atoms with Gasteiger partial charge in [-0.1, -0.05) is 5.11 Å². The first kappa shape index (κ1) is 17.3. The summed E-state index contributed by atoms with van der Waals surface area (Å²) < 4.78 is 0. The van der Waals surface area contributed by atoms with Crippen LogP contribution in [-0.2, 0) is 0 Å². The van der Waals surface area contributed by atoms with Crippen molar-refractivity contribution in [1.29, 1.82) is 0 Å². The summed E-state index contributed by atoms with van der Waals surface area (Å²) in [6.07, 6.45) is 5.33. The quantitative estimate of drug-likeness (QED) is 0.442. The molecular formula is C14H15N9O3. The second-order valence-corrected chi connectivity index (χ2v) is 5.48. The Bertz CT molecular complexity index is 821. The number of piperazine rings is 1. The molecule has 26 heavy (non-hydrogen) atoms. The number of aliphatic hydroxyl groups is 1. The van der Waals surface area contributed by atoms with Gasteiger partial charge in [0.2, 0.25) is 11.9 Å². The molecule has 1 fully saturated rings. The Labute approximate surface area is 147 Å². The SMILES string of the molecule is [N-]=[N+]=Nc1cnc(N2CCN(c3ncc(C(=O)O)cn3)CC2CO)nc1. The number of carboxylic acid groups (broad SMARTS) is 1. The Morgan fingerprint density at radius 1 is 1.19 bits per heavy atom. The first-order valence-corrected chi connectivity index (χ1v) is 7.67. The number of azide groups is 1. The number of anilines is 2. The van der Waals surface area contributed by atoms with Crippen molar-refractivity contribution in [2.75, 3.05) is 36.0 Å². The van der Waals surface area contributed by atoms with Crippen LogP contribution in [0.2, 0.25) is 0 Å². The molecule has 1 aliphatic heterocycles. The summed E-state index contributed by atoms with van der Waals surface area (Å²) in [4.78, 5) is 33.8. The number of carbonyl (C=O) groups is 1. The van der Waals surface area contributed by atoms with Crippen LogP contribution in [0.1, 0.15) is 10.4 Å². The molecule has 0 amide bonds. The van der Waals surface area contributed by atoms with Crippen LogP contribution in [0.3, 0.4) is 0 Å². The Morgan fingerprint density at radius 3 is 2.42 bits per heavy atom. The lowest BCUT2D eigenvalue weighted by atomic mass is 10.2. The van der Waals surface area contributed by atoms with E-state index in [9.17, 15) is 9.90 Å². The fraction of sp³-hybridized carbons (Fsp3) is 0.357. The van der Waals surface area contributed by atoms with Crippen LogP contribution in [0.4, 0.5) is 17.6 Å². The van der Waals surface area contributed by atoms with Crippen molar-refractivity contribution in [3.05, 3.63) is 40.8 Å². The number of aromatic carboxylic acids is 1. The molecular weight excluding hydrogens is 342 g/mol. The van der Waals surface area contributed by atoms with Crippen LogP contribution >= 0.6 is 0 Å². The maximum Gasteiger partial charge on any atom is 0.338 e. The van der Waals surface area contributed by atoms with Crippen LogP contribution in [0, 0.1) is 0 Å². The molecule has 2 N–H and O–H groups in total. The normalized spacial score (nSPS) is 16.9. The molecule has 0 bridgehead atoms. The van der Waals surface area contributed by atoms with Gasteiger partial charge in [-0.15, -0.1) is 0 Å². The number of aliphatic hydroxyl groups excluding tert-OH is 1. The highest BCUT2D eigenvalue weighted by Crippen LogP contribution is 2.20. The standard InChI is InChI=1S/C14H15N9O3/c15-21-20-10-5-18-14(19-6-10)23-2-1-22(7-11(23)8-24)13-16-3-9(4-17-13)12(25)26/h3-6,11,24H,1-2,7-8H2,(H,25,26). The number of nitrogens with zero attached hydrogens (tertiary/aromatic N) is 9. The van der Waals surface area contributed by atoms with Gasteiger partial charge in [0.1, 0.15) is 0 Å². The second-order valence-electron chi connectivity index (χ2n) is 5.48. The molecule has 2 aromatic heterocycles. The van der Waals surface area contributed by atoms with Crippen molar-refractivity contribution >= 4 is 23.6 Å². The monoisotopic (exact) mass is 357 g/mol. The van der Waals surface area contributed by atoms with E-state index in [4.69, 9.17) is 10.6 Å². The van der Waals surface area contributed by atoms with Gasteiger partial charge in [0.25, 0.3) is 0 Å². The molecule has 3 heterocycles. The van der Waals surface area contributed by atoms with Crippen molar-refractivity contribution in [3.63, 3.8) is 0 Å². The number of rotatable bonds is 5. The van der Waals surface area contributed by atoms with E-state index in [1.807, 2.05) is 9.80 Å². The Balaban J connectivity index is 1.73. The van der Waals surface area contributed by atoms with Gasteiger partial charge in [-0.25, -0.2) is 24.7 Å². The lowest BCUT2D eigenvalue weighted by molar-refractivity contribution is 0.0696. The molecule has 0 aliphatic carbocycles. The zero-order chi connectivity index (χ0) is 18.5. The van der Waals surface area contributed by atoms with E-state index in [0.29, 0.717) is 37.2 Å². The third-order valence-electron chi connectivity index (χ3n) is 3.90. The van der Waals surface area contributed by atoms with Crippen LogP contribution in [-0.4, -0.2) is 68.4 Å². The van der Waals surface area contributed by atoms with Crippen LogP contribution in [0.15, 0.2) is 29.9 Å². The molecule has 12 nitrogen and oxygen atoms in total. The Hall–Kier alpha value is -3.50. The minimum Gasteiger partial charge on any atom is -0.478 e. The fourth-order valence-electron chi connectivity index (χ4n) is 2.62. The first-order chi connectivity index (χ1) is 12.6. The van der Waals surface area contributed by atoms with Crippen LogP contribution < -0.4 is 9.80 Å². The zero-order valence-electron chi connectivity index (χ0n) is 13.5. The van der Waals surface area contributed by atoms with Gasteiger partial charge in [-0.3, -0.25) is 0 Å². The van der Waals surface area contributed by atoms with E-state index in [0.717, 1.165) is 0 Å². The maximum atomic E-state index is 10.9. The lowest BCUT2D eigenvalue weighted by Gasteiger charge is -2.40. The molecule has 0 saturated carbocycles. The van der Waals surface area contributed by atoms with E-state index in [2.05, 4.69) is 30.0 Å². The van der Waals surface area contributed by atoms with Crippen molar-refractivity contribution in [2.24, 2.45) is 5.11 Å². The van der Waals surface area contributed by atoms with E-state index in [1.54, 1.807) is 0 Å². The van der Waals surface area contributed by atoms with E-state index >= 15 is 0 Å². The topological polar surface area (TPSA) is 164 Å². The molecule has 0 radical (unpaired) electrons. The average Bonchev–Trinajstić information content (AvgIpc) is 2.68. The number of hydrogen-bond donors (Lipinski definition) is 2. The Morgan fingerprint density at radius 2 is 1.85 bits per heavy atom. The summed E-state index contributed by atoms with van der Waals surface area (Å²) >= 11 is 0. The Kier molecular flexibility index (Phi) is 5.06. The summed E-state index contributed by atoms with van der Waals surface area (Å²) in [7, 11) is 0. The average molecular weight is 357 g/mol. The molecule has 1 atom stereocenters. The van der Waals surface area contributed by atoms with Crippen molar-refractivity contribution in [3.8, 4) is 0 Å². The van der Waals surface area contributed by atoms with Crippen molar-refractivity contribution < 1.29 is 15.0 Å². The number of aromatic nitrogens is 4. The van der Waals surface area contributed by atoms with Gasteiger partial charge in [0.15, 0.2) is 0 Å². The largest absolute Gasteiger partial charge is 0.478 e. The number of hydrogen-bond acceptors (Lipinski definition) is 9. The molecule has 2 aromatic rings. The summed E-state index contributed by atoms with van der Waals surface area (Å²) in [5.41, 5.74) is 8.73. The van der Waals surface area contributed by atoms with Gasteiger partial charge in [0.05, 0.1) is 23.9 Å². The first-order valence-electron chi connectivity index (χ1n) is 7.67. The predicted molar refractivity (Wildman–Crippen MR) is 90.3 cm³/mol. The van der Waals surface area contributed by atoms with E-state index in [-0.39, 0.29) is 18.2 Å². The summed E-state index contributed by atoms with van der Waals surface area (Å²) in [6, 6.07) is -0.295. The lowest BCUT2D eigenvalue weighted by Crippen LogP contribution is -2.56. The minimum atomic E-state index is -1.09. The van der Waals surface area contributed by atoms with Crippen molar-refractivity contribution in [1.82, 2.24) is 19.9 Å². The molecule has 1 aliphatic rings. The van der Waals surface area contributed by atoms with Crippen molar-refractivity contribution in [2.45, 2.75) is 6.04 Å². The zero-order valence-corrected chi connectivity index (χ0v) is 13.5. The molecule has 12 heteroatoms. The molecule has 134 valence electrons. The number of carboxylic acids is 1. The molecule has 3 rings (SSSR count). The predicted octanol–water partition coefficient (Wildman–Crippen LogP) is 0.594. The van der Waals surface area contributed by atoms with Gasteiger partial charge < -0.3 is 20.0 Å². The fourth-order valence-corrected chi connectivity index (χ4v) is 2.62. The van der Waals surface area contributed by atoms with Crippen LogP contribution in [0.25, 0.3) is 10.4 Å². The molecule has 0 aromatic carbocycles. The summed E-state index contributed by atoms with van der Waals surface area (Å²) in [5, 5.41) is 22.1. The third-order valence-corrected chi connectivity index (χ3v) is 3.90. The van der Waals surface area contributed by atoms with Crippen LogP contribution in [0.5, 0.6) is 0 Å². The van der Waals surface area contributed by atoms with Gasteiger partial charge >= 0.3 is 5.97 Å². The highest BCUT2D eigenvalue weighted by atomic mass is 16.4. The summed E-state index contributed by atoms with van der Waals surface area (Å²) in [6.45, 7) is 1.34. The molecule has 1 saturated heterocycles. The van der Waals surface area contributed by atoms with Gasteiger partial charge in [-0.05, 0) is 5.53 Å². The smallest absolute Gasteiger partial charge is 0.338 e. The van der Waals surface area contributed by atoms with E-state index in [1.165, 1.54) is 24.8 Å². The van der Waals surface area contributed by atoms with Gasteiger partial charge in [-0.2, -0.15) is 0 Å². The maximum absolute atomic E-state index is 10.9. The highest BCUT2D eigenvalue weighted by Gasteiger charge is 2.29. The minimum absolute atomic E-state index is 0.0135. The molecule has 0 spiro atoms. The molecule has 1 unspecified atom stereocenters. The highest BCUT2D eigenvalue weighted by molar-refractivity contribution is 5.86. The summed E-state index contributed by atoms with van der Waals surface area (Å²) in [5.74, 6) is -0.272.